The van der Waals surface area contributed by atoms with E-state index in [9.17, 15) is 4.79 Å². The molecule has 0 bridgehead atoms. The fourth-order valence-electron chi connectivity index (χ4n) is 3.04. The van der Waals surface area contributed by atoms with Crippen LogP contribution >= 0.6 is 23.4 Å². The third-order valence-corrected chi connectivity index (χ3v) is 5.76. The number of ether oxygens (including phenoxy) is 2. The van der Waals surface area contributed by atoms with E-state index in [1.807, 2.05) is 54.2 Å². The van der Waals surface area contributed by atoms with Crippen molar-refractivity contribution in [3.05, 3.63) is 76.8 Å². The first-order chi connectivity index (χ1) is 14.5. The van der Waals surface area contributed by atoms with Crippen LogP contribution < -0.4 is 14.8 Å². The highest BCUT2D eigenvalue weighted by molar-refractivity contribution is 7.99. The van der Waals surface area contributed by atoms with Crippen molar-refractivity contribution in [3.63, 3.8) is 0 Å². The summed E-state index contributed by atoms with van der Waals surface area (Å²) in [6, 6.07) is 12.8. The maximum Gasteiger partial charge on any atom is 0.230 e. The fourth-order valence-corrected chi connectivity index (χ4v) is 4.04. The Morgan fingerprint density at radius 2 is 1.93 bits per heavy atom. The number of aryl methyl sites for hydroxylation is 1. The van der Waals surface area contributed by atoms with E-state index in [0.29, 0.717) is 28.0 Å². The van der Waals surface area contributed by atoms with Gasteiger partial charge in [-0.25, -0.2) is 4.98 Å². The molecule has 0 aliphatic rings. The van der Waals surface area contributed by atoms with Crippen molar-refractivity contribution in [3.8, 4) is 11.5 Å². The van der Waals surface area contributed by atoms with Gasteiger partial charge in [0.05, 0.1) is 20.0 Å². The van der Waals surface area contributed by atoms with E-state index >= 15 is 0 Å². The maximum absolute atomic E-state index is 12.7. The second-order valence-corrected chi connectivity index (χ2v) is 8.09. The lowest BCUT2D eigenvalue weighted by molar-refractivity contribution is -0.119. The smallest absolute Gasteiger partial charge is 0.230 e. The second kappa shape index (κ2) is 10.4. The Kier molecular flexibility index (Phi) is 7.65. The quantitative estimate of drug-likeness (QED) is 0.534. The monoisotopic (exact) mass is 445 g/mol. The van der Waals surface area contributed by atoms with Crippen LogP contribution in [-0.2, 0) is 17.6 Å². The van der Waals surface area contributed by atoms with E-state index in [0.717, 1.165) is 17.0 Å². The highest BCUT2D eigenvalue weighted by Crippen LogP contribution is 2.29. The summed E-state index contributed by atoms with van der Waals surface area (Å²) >= 11 is 7.56. The number of hydrogen-bond acceptors (Lipinski definition) is 5. The van der Waals surface area contributed by atoms with Gasteiger partial charge in [0.2, 0.25) is 5.91 Å². The van der Waals surface area contributed by atoms with Gasteiger partial charge in [0.25, 0.3) is 0 Å². The molecule has 1 amide bonds. The Morgan fingerprint density at radius 3 is 2.53 bits per heavy atom. The summed E-state index contributed by atoms with van der Waals surface area (Å²) in [5.74, 6) is 2.94. The SMILES string of the molecule is COc1cc(OC)cc(C(NC(=O)CSCc2cccc(Cl)c2)c2nccn2C)c1. The summed E-state index contributed by atoms with van der Waals surface area (Å²) in [5, 5.41) is 3.79. The first-order valence-electron chi connectivity index (χ1n) is 9.32. The molecule has 0 fully saturated rings. The van der Waals surface area contributed by atoms with Crippen LogP contribution in [0.5, 0.6) is 11.5 Å². The van der Waals surface area contributed by atoms with E-state index in [-0.39, 0.29) is 5.91 Å². The summed E-state index contributed by atoms with van der Waals surface area (Å²) in [6.07, 6.45) is 3.56. The van der Waals surface area contributed by atoms with Gasteiger partial charge in [-0.05, 0) is 35.4 Å². The zero-order chi connectivity index (χ0) is 21.5. The number of benzene rings is 2. The Balaban J connectivity index is 1.75. The predicted molar refractivity (Wildman–Crippen MR) is 120 cm³/mol. The number of imidazole rings is 1. The van der Waals surface area contributed by atoms with Gasteiger partial charge in [0.1, 0.15) is 23.4 Å². The molecule has 3 rings (SSSR count). The average molecular weight is 446 g/mol. The van der Waals surface area contributed by atoms with Crippen LogP contribution in [0.25, 0.3) is 0 Å². The summed E-state index contributed by atoms with van der Waals surface area (Å²) < 4.78 is 12.7. The number of hydrogen-bond donors (Lipinski definition) is 1. The van der Waals surface area contributed by atoms with Gasteiger partial charge in [0, 0.05) is 36.3 Å². The normalized spacial score (nSPS) is 11.7. The number of carbonyl (C=O) groups is 1. The first-order valence-corrected chi connectivity index (χ1v) is 10.8. The topological polar surface area (TPSA) is 65.4 Å². The third kappa shape index (κ3) is 5.70. The summed E-state index contributed by atoms with van der Waals surface area (Å²) in [7, 11) is 5.09. The molecule has 1 unspecified atom stereocenters. The minimum atomic E-state index is -0.437. The van der Waals surface area contributed by atoms with E-state index in [4.69, 9.17) is 21.1 Å². The van der Waals surface area contributed by atoms with E-state index in [1.54, 1.807) is 26.5 Å². The molecule has 0 radical (unpaired) electrons. The number of thioether (sulfide) groups is 1. The molecule has 158 valence electrons. The largest absolute Gasteiger partial charge is 0.497 e. The standard InChI is InChI=1S/C22H24ClN3O3S/c1-26-8-7-24-22(26)21(16-10-18(28-2)12-19(11-16)29-3)25-20(27)14-30-13-15-5-4-6-17(23)9-15/h4-12,21H,13-14H2,1-3H3,(H,25,27). The average Bonchev–Trinajstić information content (AvgIpc) is 3.17. The number of nitrogens with one attached hydrogen (secondary N) is 1. The van der Waals surface area contributed by atoms with Gasteiger partial charge >= 0.3 is 0 Å². The minimum Gasteiger partial charge on any atom is -0.497 e. The molecule has 0 spiro atoms. The number of halogens is 1. The first kappa shape index (κ1) is 22.1. The van der Waals surface area contributed by atoms with Crippen molar-refractivity contribution in [2.75, 3.05) is 20.0 Å². The lowest BCUT2D eigenvalue weighted by atomic mass is 10.0. The van der Waals surface area contributed by atoms with Crippen LogP contribution in [0.4, 0.5) is 0 Å². The van der Waals surface area contributed by atoms with Crippen LogP contribution in [0.2, 0.25) is 5.02 Å². The lowest BCUT2D eigenvalue weighted by Crippen LogP contribution is -2.32. The molecule has 8 heteroatoms. The molecule has 6 nitrogen and oxygen atoms in total. The van der Waals surface area contributed by atoms with Crippen LogP contribution in [0.3, 0.4) is 0 Å². The zero-order valence-electron chi connectivity index (χ0n) is 17.1. The van der Waals surface area contributed by atoms with Crippen molar-refractivity contribution in [2.45, 2.75) is 11.8 Å². The summed E-state index contributed by atoms with van der Waals surface area (Å²) in [5.41, 5.74) is 1.91. The lowest BCUT2D eigenvalue weighted by Gasteiger charge is -2.20. The molecule has 1 heterocycles. The highest BCUT2D eigenvalue weighted by Gasteiger charge is 2.22. The van der Waals surface area contributed by atoms with Crippen LogP contribution in [-0.4, -0.2) is 35.4 Å². The van der Waals surface area contributed by atoms with Gasteiger partial charge < -0.3 is 19.4 Å². The maximum atomic E-state index is 12.7. The molecule has 3 aromatic rings. The van der Waals surface area contributed by atoms with E-state index in [1.165, 1.54) is 11.8 Å². The van der Waals surface area contributed by atoms with Crippen LogP contribution in [0.15, 0.2) is 54.9 Å². The number of amides is 1. The highest BCUT2D eigenvalue weighted by atomic mass is 35.5. The number of rotatable bonds is 9. The van der Waals surface area contributed by atoms with E-state index in [2.05, 4.69) is 10.3 Å². The molecule has 0 saturated heterocycles. The summed E-state index contributed by atoms with van der Waals surface area (Å²) in [4.78, 5) is 17.2. The molecular formula is C22H24ClN3O3S. The van der Waals surface area contributed by atoms with Gasteiger partial charge in [-0.1, -0.05) is 23.7 Å². The molecule has 1 atom stereocenters. The number of methoxy groups -OCH3 is 2. The number of carbonyl (C=O) groups excluding carboxylic acids is 1. The molecule has 30 heavy (non-hydrogen) atoms. The predicted octanol–water partition coefficient (Wildman–Crippen LogP) is 4.23. The van der Waals surface area contributed by atoms with Gasteiger partial charge in [0.15, 0.2) is 0 Å². The number of nitrogens with zero attached hydrogens (tertiary/aromatic N) is 2. The molecular weight excluding hydrogens is 422 g/mol. The second-order valence-electron chi connectivity index (χ2n) is 6.67. The van der Waals surface area contributed by atoms with Gasteiger partial charge in [-0.2, -0.15) is 0 Å². The van der Waals surface area contributed by atoms with Crippen molar-refractivity contribution < 1.29 is 14.3 Å². The Morgan fingerprint density at radius 1 is 1.20 bits per heavy atom. The van der Waals surface area contributed by atoms with Crippen molar-refractivity contribution in [1.29, 1.82) is 0 Å². The van der Waals surface area contributed by atoms with Crippen molar-refractivity contribution in [1.82, 2.24) is 14.9 Å². The molecule has 1 aromatic heterocycles. The number of aromatic nitrogens is 2. The molecule has 0 aliphatic heterocycles. The zero-order valence-corrected chi connectivity index (χ0v) is 18.7. The van der Waals surface area contributed by atoms with Crippen molar-refractivity contribution >= 4 is 29.3 Å². The van der Waals surface area contributed by atoms with Crippen molar-refractivity contribution in [2.24, 2.45) is 7.05 Å². The van der Waals surface area contributed by atoms with E-state index < -0.39 is 6.04 Å². The molecule has 2 aromatic carbocycles. The summed E-state index contributed by atoms with van der Waals surface area (Å²) in [6.45, 7) is 0. The molecule has 0 saturated carbocycles. The fraction of sp³-hybridized carbons (Fsp3) is 0.273. The van der Waals surface area contributed by atoms with Crippen LogP contribution in [0.1, 0.15) is 23.0 Å². The Bertz CT molecular complexity index is 987. The molecule has 1 N–H and O–H groups in total. The van der Waals surface area contributed by atoms with Gasteiger partial charge in [-0.3, -0.25) is 4.79 Å². The minimum absolute atomic E-state index is 0.0863. The van der Waals surface area contributed by atoms with Gasteiger partial charge in [-0.15, -0.1) is 11.8 Å². The Labute approximate surface area is 185 Å². The van der Waals surface area contributed by atoms with Crippen LogP contribution in [0, 0.1) is 0 Å². The third-order valence-electron chi connectivity index (χ3n) is 4.52. The molecule has 0 aliphatic carbocycles. The Hall–Kier alpha value is -2.64.